The first kappa shape index (κ1) is 15.9. The number of amides is 1. The Morgan fingerprint density at radius 2 is 1.91 bits per heavy atom. The van der Waals surface area contributed by atoms with Crippen LogP contribution in [0, 0.1) is 13.8 Å². The topological polar surface area (TPSA) is 67.8 Å². The number of aromatic nitrogens is 3. The van der Waals surface area contributed by atoms with Gasteiger partial charge in [0, 0.05) is 11.4 Å². The Morgan fingerprint density at radius 3 is 2.65 bits per heavy atom. The molecule has 0 fully saturated rings. The monoisotopic (exact) mass is 344 g/mol. The van der Waals surface area contributed by atoms with E-state index < -0.39 is 0 Å². The van der Waals surface area contributed by atoms with Gasteiger partial charge < -0.3 is 5.32 Å². The standard InChI is InChI=1S/C16H16N4OS2/c1-10-7-11(2)19-16(18-10)22-9-14(21)17-8-15-20-12-5-3-4-6-13(12)23-15/h3-7H,8-9H2,1-2H3,(H,17,21). The number of carbonyl (C=O) groups is 1. The first-order valence-corrected chi connectivity index (χ1v) is 8.96. The van der Waals surface area contributed by atoms with Gasteiger partial charge in [0.25, 0.3) is 0 Å². The molecule has 0 radical (unpaired) electrons. The first-order valence-electron chi connectivity index (χ1n) is 7.16. The van der Waals surface area contributed by atoms with Gasteiger partial charge in [-0.15, -0.1) is 11.3 Å². The van der Waals surface area contributed by atoms with Gasteiger partial charge in [0.15, 0.2) is 5.16 Å². The van der Waals surface area contributed by atoms with Crippen molar-refractivity contribution in [2.75, 3.05) is 5.75 Å². The molecule has 0 spiro atoms. The number of hydrogen-bond acceptors (Lipinski definition) is 6. The van der Waals surface area contributed by atoms with Crippen LogP contribution in [0.2, 0.25) is 0 Å². The molecular formula is C16H16N4OS2. The van der Waals surface area contributed by atoms with E-state index in [4.69, 9.17) is 0 Å². The minimum atomic E-state index is -0.0444. The predicted octanol–water partition coefficient (Wildman–Crippen LogP) is 3.11. The van der Waals surface area contributed by atoms with Gasteiger partial charge in [-0.3, -0.25) is 4.79 Å². The summed E-state index contributed by atoms with van der Waals surface area (Å²) in [5, 5.41) is 4.44. The molecule has 0 bridgehead atoms. The summed E-state index contributed by atoms with van der Waals surface area (Å²) in [5.74, 6) is 0.255. The maximum absolute atomic E-state index is 12.0. The fraction of sp³-hybridized carbons (Fsp3) is 0.250. The van der Waals surface area contributed by atoms with E-state index in [-0.39, 0.29) is 5.91 Å². The van der Waals surface area contributed by atoms with Crippen molar-refractivity contribution in [2.45, 2.75) is 25.5 Å². The molecule has 0 aliphatic carbocycles. The predicted molar refractivity (Wildman–Crippen MR) is 93.7 cm³/mol. The highest BCUT2D eigenvalue weighted by Crippen LogP contribution is 2.21. The van der Waals surface area contributed by atoms with Crippen LogP contribution in [-0.4, -0.2) is 26.6 Å². The Bertz CT molecular complexity index is 794. The van der Waals surface area contributed by atoms with E-state index in [1.54, 1.807) is 11.3 Å². The molecule has 2 aromatic heterocycles. The number of rotatable bonds is 5. The SMILES string of the molecule is Cc1cc(C)nc(SCC(=O)NCc2nc3ccccc3s2)n1. The van der Waals surface area contributed by atoms with Gasteiger partial charge in [-0.1, -0.05) is 23.9 Å². The molecule has 5 nitrogen and oxygen atoms in total. The van der Waals surface area contributed by atoms with Gasteiger partial charge in [0.2, 0.25) is 5.91 Å². The number of fused-ring (bicyclic) bond motifs is 1. The lowest BCUT2D eigenvalue weighted by molar-refractivity contribution is -0.118. The van der Waals surface area contributed by atoms with Crippen LogP contribution < -0.4 is 5.32 Å². The maximum Gasteiger partial charge on any atom is 0.230 e. The van der Waals surface area contributed by atoms with Crippen molar-refractivity contribution in [3.8, 4) is 0 Å². The van der Waals surface area contributed by atoms with Gasteiger partial charge in [-0.2, -0.15) is 0 Å². The number of thioether (sulfide) groups is 1. The molecule has 0 aliphatic rings. The smallest absolute Gasteiger partial charge is 0.230 e. The van der Waals surface area contributed by atoms with Gasteiger partial charge in [-0.05, 0) is 32.0 Å². The minimum absolute atomic E-state index is 0.0444. The summed E-state index contributed by atoms with van der Waals surface area (Å²) in [5.41, 5.74) is 2.80. The molecule has 0 saturated heterocycles. The number of carbonyl (C=O) groups excluding carboxylic acids is 1. The molecular weight excluding hydrogens is 328 g/mol. The van der Waals surface area contributed by atoms with E-state index in [0.29, 0.717) is 17.5 Å². The normalized spacial score (nSPS) is 10.9. The van der Waals surface area contributed by atoms with Crippen LogP contribution in [0.5, 0.6) is 0 Å². The Morgan fingerprint density at radius 1 is 1.17 bits per heavy atom. The molecule has 0 saturated carbocycles. The molecule has 7 heteroatoms. The van der Waals surface area contributed by atoms with Crippen molar-refractivity contribution in [3.05, 3.63) is 46.7 Å². The highest BCUT2D eigenvalue weighted by atomic mass is 32.2. The van der Waals surface area contributed by atoms with Crippen molar-refractivity contribution in [2.24, 2.45) is 0 Å². The summed E-state index contributed by atoms with van der Waals surface area (Å²) in [6, 6.07) is 9.88. The average molecular weight is 344 g/mol. The Balaban J connectivity index is 1.53. The van der Waals surface area contributed by atoms with Crippen LogP contribution in [0.4, 0.5) is 0 Å². The van der Waals surface area contributed by atoms with Gasteiger partial charge in [0.1, 0.15) is 5.01 Å². The second kappa shape index (κ2) is 7.06. The van der Waals surface area contributed by atoms with Crippen LogP contribution in [0.1, 0.15) is 16.4 Å². The van der Waals surface area contributed by atoms with Crippen LogP contribution in [0.15, 0.2) is 35.5 Å². The average Bonchev–Trinajstić information content (AvgIpc) is 2.93. The number of para-hydroxylation sites is 1. The van der Waals surface area contributed by atoms with E-state index in [2.05, 4.69) is 20.3 Å². The van der Waals surface area contributed by atoms with E-state index in [1.807, 2.05) is 44.2 Å². The number of nitrogens with zero attached hydrogens (tertiary/aromatic N) is 3. The van der Waals surface area contributed by atoms with Crippen LogP contribution in [0.3, 0.4) is 0 Å². The molecule has 1 aromatic carbocycles. The summed E-state index contributed by atoms with van der Waals surface area (Å²) in [6.45, 7) is 4.30. The van der Waals surface area contributed by atoms with E-state index in [0.717, 1.165) is 26.6 Å². The minimum Gasteiger partial charge on any atom is -0.349 e. The lowest BCUT2D eigenvalue weighted by Gasteiger charge is -2.04. The molecule has 2 heterocycles. The van der Waals surface area contributed by atoms with Gasteiger partial charge in [0.05, 0.1) is 22.5 Å². The summed E-state index contributed by atoms with van der Waals surface area (Å²) in [4.78, 5) is 25.1. The highest BCUT2D eigenvalue weighted by Gasteiger charge is 2.08. The molecule has 3 aromatic rings. The van der Waals surface area contributed by atoms with Crippen molar-refractivity contribution >= 4 is 39.2 Å². The molecule has 23 heavy (non-hydrogen) atoms. The zero-order chi connectivity index (χ0) is 16.2. The maximum atomic E-state index is 12.0. The number of nitrogens with one attached hydrogen (secondary N) is 1. The van der Waals surface area contributed by atoms with E-state index >= 15 is 0 Å². The number of hydrogen-bond donors (Lipinski definition) is 1. The van der Waals surface area contributed by atoms with Crippen molar-refractivity contribution in [1.29, 1.82) is 0 Å². The van der Waals surface area contributed by atoms with Crippen molar-refractivity contribution < 1.29 is 4.79 Å². The van der Waals surface area contributed by atoms with Crippen LogP contribution in [-0.2, 0) is 11.3 Å². The highest BCUT2D eigenvalue weighted by molar-refractivity contribution is 7.99. The lowest BCUT2D eigenvalue weighted by Crippen LogP contribution is -2.24. The van der Waals surface area contributed by atoms with Gasteiger partial charge >= 0.3 is 0 Å². The first-order chi connectivity index (χ1) is 11.1. The second-order valence-electron chi connectivity index (χ2n) is 5.07. The lowest BCUT2D eigenvalue weighted by atomic mass is 10.3. The van der Waals surface area contributed by atoms with E-state index in [1.165, 1.54) is 11.8 Å². The summed E-state index contributed by atoms with van der Waals surface area (Å²) in [6.07, 6.45) is 0. The third-order valence-corrected chi connectivity index (χ3v) is 4.95. The zero-order valence-electron chi connectivity index (χ0n) is 12.9. The van der Waals surface area contributed by atoms with Crippen molar-refractivity contribution in [3.63, 3.8) is 0 Å². The Kier molecular flexibility index (Phi) is 4.88. The quantitative estimate of drug-likeness (QED) is 0.569. The van der Waals surface area contributed by atoms with Crippen LogP contribution in [0.25, 0.3) is 10.2 Å². The summed E-state index contributed by atoms with van der Waals surface area (Å²) >= 11 is 2.95. The Hall–Kier alpha value is -1.99. The second-order valence-corrected chi connectivity index (χ2v) is 7.13. The molecule has 0 atom stereocenters. The van der Waals surface area contributed by atoms with Crippen LogP contribution >= 0.6 is 23.1 Å². The molecule has 0 aliphatic heterocycles. The Labute approximate surface area is 142 Å². The van der Waals surface area contributed by atoms with Gasteiger partial charge in [-0.25, -0.2) is 15.0 Å². The molecule has 1 amide bonds. The van der Waals surface area contributed by atoms with Crippen molar-refractivity contribution in [1.82, 2.24) is 20.3 Å². The number of aryl methyl sites for hydroxylation is 2. The summed E-state index contributed by atoms with van der Waals surface area (Å²) in [7, 11) is 0. The molecule has 0 unspecified atom stereocenters. The fourth-order valence-corrected chi connectivity index (χ4v) is 3.80. The zero-order valence-corrected chi connectivity index (χ0v) is 14.5. The third-order valence-electron chi connectivity index (χ3n) is 3.07. The molecule has 1 N–H and O–H groups in total. The number of benzene rings is 1. The number of thiazole rings is 1. The fourth-order valence-electron chi connectivity index (χ4n) is 2.11. The van der Waals surface area contributed by atoms with E-state index in [9.17, 15) is 4.79 Å². The summed E-state index contributed by atoms with van der Waals surface area (Å²) < 4.78 is 1.13. The molecule has 3 rings (SSSR count). The third kappa shape index (κ3) is 4.27. The largest absolute Gasteiger partial charge is 0.349 e. The molecule has 118 valence electrons.